The van der Waals surface area contributed by atoms with Crippen molar-refractivity contribution in [2.45, 2.75) is 19.3 Å². The van der Waals surface area contributed by atoms with E-state index in [4.69, 9.17) is 0 Å². The summed E-state index contributed by atoms with van der Waals surface area (Å²) in [6.45, 7) is 4.22. The fourth-order valence-electron chi connectivity index (χ4n) is 3.32. The fraction of sp³-hybridized carbons (Fsp3) is 0.562. The maximum Gasteiger partial charge on any atom is 0.306 e. The molecule has 0 bridgehead atoms. The maximum atomic E-state index is 11.3. The molecular weight excluding hydrogens is 438 g/mol. The van der Waals surface area contributed by atoms with Crippen LogP contribution in [0.15, 0.2) is 18.2 Å². The summed E-state index contributed by atoms with van der Waals surface area (Å²) in [5.74, 6) is -0.861. The van der Waals surface area contributed by atoms with Gasteiger partial charge in [0.15, 0.2) is 0 Å². The van der Waals surface area contributed by atoms with Gasteiger partial charge in [-0.1, -0.05) is 12.1 Å². The van der Waals surface area contributed by atoms with Crippen molar-refractivity contribution < 1.29 is 30.3 Å². The van der Waals surface area contributed by atoms with E-state index >= 15 is 0 Å². The molecular formula is C16H22N2O2Re. The van der Waals surface area contributed by atoms with Gasteiger partial charge in [-0.05, 0) is 43.5 Å². The van der Waals surface area contributed by atoms with Crippen LogP contribution in [0.3, 0.4) is 0 Å². The molecule has 0 aromatic heterocycles. The maximum absolute atomic E-state index is 11.3. The van der Waals surface area contributed by atoms with Crippen LogP contribution in [0.25, 0.3) is 0 Å². The van der Waals surface area contributed by atoms with Crippen molar-refractivity contribution in [3.63, 3.8) is 0 Å². The van der Waals surface area contributed by atoms with E-state index in [1.165, 1.54) is 16.8 Å². The normalized spacial score (nSPS) is 22.3. The van der Waals surface area contributed by atoms with Crippen molar-refractivity contribution >= 4 is 11.7 Å². The van der Waals surface area contributed by atoms with Gasteiger partial charge in [0.25, 0.3) is 0 Å². The first-order valence-corrected chi connectivity index (χ1v) is 7.42. The zero-order valence-corrected chi connectivity index (χ0v) is 15.1. The monoisotopic (exact) mass is 461 g/mol. The summed E-state index contributed by atoms with van der Waals surface area (Å²) in [4.78, 5) is 16.0. The number of hydrogen-bond acceptors (Lipinski definition) is 3. The van der Waals surface area contributed by atoms with E-state index in [1.54, 1.807) is 0 Å². The summed E-state index contributed by atoms with van der Waals surface area (Å²) < 4.78 is 0. The molecule has 0 spiro atoms. The van der Waals surface area contributed by atoms with Crippen LogP contribution in [-0.4, -0.2) is 49.2 Å². The summed E-state index contributed by atoms with van der Waals surface area (Å²) in [6.07, 6.45) is 2.36. The van der Waals surface area contributed by atoms with Crippen LogP contribution in [0, 0.1) is 5.92 Å². The minimum absolute atomic E-state index is 0. The van der Waals surface area contributed by atoms with Crippen LogP contribution < -0.4 is 4.90 Å². The molecule has 4 nitrogen and oxygen atoms in total. The largest absolute Gasteiger partial charge is 0.481 e. The standard InChI is InChI=1S/C16H22N2O2.Re/c1-17-7-9-18(10-8-17)15-4-2-3-12-5-6-13(16(19)20)11-14(12)15;/h2-4,13H,5-11H2,1H3,(H,19,20);. The molecule has 1 aliphatic heterocycles. The van der Waals surface area contributed by atoms with Gasteiger partial charge >= 0.3 is 5.97 Å². The zero-order chi connectivity index (χ0) is 14.1. The molecule has 1 aromatic carbocycles. The first-order valence-electron chi connectivity index (χ1n) is 7.42. The number of fused-ring (bicyclic) bond motifs is 1. The van der Waals surface area contributed by atoms with Gasteiger partial charge in [0, 0.05) is 52.3 Å². The number of anilines is 1. The first kappa shape index (κ1) is 16.5. The molecule has 21 heavy (non-hydrogen) atoms. The number of rotatable bonds is 2. The molecule has 2 aliphatic rings. The average Bonchev–Trinajstić information content (AvgIpc) is 2.47. The number of benzene rings is 1. The Hall–Kier alpha value is -0.888. The molecule has 5 heteroatoms. The summed E-state index contributed by atoms with van der Waals surface area (Å²) in [6, 6.07) is 6.44. The molecule has 1 radical (unpaired) electrons. The van der Waals surface area contributed by atoms with Crippen LogP contribution in [-0.2, 0) is 38.1 Å². The Morgan fingerprint density at radius 2 is 1.95 bits per heavy atom. The molecule has 1 saturated heterocycles. The van der Waals surface area contributed by atoms with Crippen LogP contribution in [0.1, 0.15) is 17.5 Å². The van der Waals surface area contributed by atoms with Gasteiger partial charge in [0.1, 0.15) is 0 Å². The third kappa shape index (κ3) is 3.48. The average molecular weight is 461 g/mol. The van der Waals surface area contributed by atoms with Gasteiger partial charge in [-0.25, -0.2) is 0 Å². The molecule has 1 aliphatic carbocycles. The number of piperazine rings is 1. The summed E-state index contributed by atoms with van der Waals surface area (Å²) in [7, 11) is 2.15. The van der Waals surface area contributed by atoms with Crippen molar-refractivity contribution in [2.24, 2.45) is 5.92 Å². The summed E-state index contributed by atoms with van der Waals surface area (Å²) in [5, 5.41) is 9.28. The predicted octanol–water partition coefficient (Wildman–Crippen LogP) is 1.63. The Morgan fingerprint density at radius 3 is 2.62 bits per heavy atom. The molecule has 1 fully saturated rings. The van der Waals surface area contributed by atoms with Crippen molar-refractivity contribution in [3.8, 4) is 0 Å². The van der Waals surface area contributed by atoms with E-state index in [1.807, 2.05) is 0 Å². The number of carbonyl (C=O) groups is 1. The van der Waals surface area contributed by atoms with Gasteiger partial charge in [0.05, 0.1) is 5.92 Å². The van der Waals surface area contributed by atoms with Crippen LogP contribution in [0.2, 0.25) is 0 Å². The minimum Gasteiger partial charge on any atom is -0.481 e. The molecule has 1 N–H and O–H groups in total. The molecule has 1 aromatic rings. The van der Waals surface area contributed by atoms with E-state index in [2.05, 4.69) is 35.0 Å². The Bertz CT molecular complexity index is 513. The molecule has 0 amide bonds. The molecule has 115 valence electrons. The van der Waals surface area contributed by atoms with E-state index in [-0.39, 0.29) is 26.3 Å². The number of carboxylic acid groups (broad SMARTS) is 1. The minimum atomic E-state index is -0.649. The molecule has 1 unspecified atom stereocenters. The van der Waals surface area contributed by atoms with Crippen LogP contribution >= 0.6 is 0 Å². The number of aryl methyl sites for hydroxylation is 1. The number of aliphatic carboxylic acids is 1. The number of likely N-dealkylation sites (N-methyl/N-ethyl adjacent to an activating group) is 1. The number of hydrogen-bond donors (Lipinski definition) is 1. The second kappa shape index (κ2) is 6.91. The third-order valence-corrected chi connectivity index (χ3v) is 4.65. The van der Waals surface area contributed by atoms with E-state index in [0.717, 1.165) is 39.0 Å². The van der Waals surface area contributed by atoms with E-state index in [9.17, 15) is 9.90 Å². The molecule has 0 saturated carbocycles. The second-order valence-corrected chi connectivity index (χ2v) is 5.98. The topological polar surface area (TPSA) is 43.8 Å². The second-order valence-electron chi connectivity index (χ2n) is 5.98. The van der Waals surface area contributed by atoms with Crippen LogP contribution in [0.4, 0.5) is 5.69 Å². The van der Waals surface area contributed by atoms with Gasteiger partial charge in [-0.2, -0.15) is 0 Å². The van der Waals surface area contributed by atoms with E-state index in [0.29, 0.717) is 6.42 Å². The van der Waals surface area contributed by atoms with Gasteiger partial charge < -0.3 is 14.9 Å². The predicted molar refractivity (Wildman–Crippen MR) is 79.3 cm³/mol. The van der Waals surface area contributed by atoms with Gasteiger partial charge in [0.2, 0.25) is 0 Å². The third-order valence-electron chi connectivity index (χ3n) is 4.65. The van der Waals surface area contributed by atoms with Crippen molar-refractivity contribution in [1.29, 1.82) is 0 Å². The van der Waals surface area contributed by atoms with Gasteiger partial charge in [-0.15, -0.1) is 0 Å². The Morgan fingerprint density at radius 1 is 1.24 bits per heavy atom. The Labute approximate surface area is 139 Å². The quantitative estimate of drug-likeness (QED) is 0.729. The first-order chi connectivity index (χ1) is 9.65. The Kier molecular flexibility index (Phi) is 5.43. The molecule has 1 atom stereocenters. The van der Waals surface area contributed by atoms with Crippen LogP contribution in [0.5, 0.6) is 0 Å². The fourth-order valence-corrected chi connectivity index (χ4v) is 3.32. The Balaban J connectivity index is 0.00000161. The van der Waals surface area contributed by atoms with Crippen molar-refractivity contribution in [2.75, 3.05) is 38.1 Å². The number of nitrogens with zero attached hydrogens (tertiary/aromatic N) is 2. The van der Waals surface area contributed by atoms with Crippen molar-refractivity contribution in [1.82, 2.24) is 4.90 Å². The SMILES string of the molecule is CN1CCN(c2cccc3c2CC(C(=O)O)CC3)CC1.[Re]. The zero-order valence-electron chi connectivity index (χ0n) is 12.4. The molecule has 1 heterocycles. The van der Waals surface area contributed by atoms with Crippen molar-refractivity contribution in [3.05, 3.63) is 29.3 Å². The number of carboxylic acids is 1. The van der Waals surface area contributed by atoms with Gasteiger partial charge in [-0.3, -0.25) is 4.79 Å². The molecule has 3 rings (SSSR count). The smallest absolute Gasteiger partial charge is 0.306 e. The summed E-state index contributed by atoms with van der Waals surface area (Å²) in [5.41, 5.74) is 3.89. The summed E-state index contributed by atoms with van der Waals surface area (Å²) >= 11 is 0. The van der Waals surface area contributed by atoms with E-state index < -0.39 is 5.97 Å².